The molecule has 0 radical (unpaired) electrons. The van der Waals surface area contributed by atoms with Gasteiger partial charge in [0.15, 0.2) is 0 Å². The zero-order valence-corrected chi connectivity index (χ0v) is 13.3. The number of fused-ring (bicyclic) bond motifs is 1. The van der Waals surface area contributed by atoms with Crippen LogP contribution in [0.3, 0.4) is 0 Å². The van der Waals surface area contributed by atoms with Gasteiger partial charge in [0.05, 0.1) is 5.69 Å². The first-order valence-electron chi connectivity index (χ1n) is 6.64. The van der Waals surface area contributed by atoms with Crippen molar-refractivity contribution < 1.29 is 8.42 Å². The minimum absolute atomic E-state index is 0.0199. The number of hydrazine groups is 1. The highest BCUT2D eigenvalue weighted by Crippen LogP contribution is 2.35. The number of hydrogen-bond acceptors (Lipinski definition) is 4. The molecule has 2 aromatic rings. The van der Waals surface area contributed by atoms with Gasteiger partial charge in [-0.05, 0) is 23.8 Å². The van der Waals surface area contributed by atoms with Gasteiger partial charge in [0, 0.05) is 10.9 Å². The number of rotatable bonds is 2. The largest absolute Gasteiger partial charge is 0.286 e. The van der Waals surface area contributed by atoms with E-state index in [4.69, 9.17) is 17.4 Å². The molecule has 0 saturated carbocycles. The van der Waals surface area contributed by atoms with Crippen molar-refractivity contribution in [2.24, 2.45) is 10.2 Å². The molecule has 114 valence electrons. The van der Waals surface area contributed by atoms with Gasteiger partial charge in [-0.2, -0.15) is 8.42 Å². The van der Waals surface area contributed by atoms with Crippen molar-refractivity contribution >= 4 is 33.1 Å². The maximum Gasteiger partial charge on any atom is 0.286 e. The molecule has 0 saturated heterocycles. The van der Waals surface area contributed by atoms with E-state index >= 15 is 0 Å². The molecule has 5 nitrogen and oxygen atoms in total. The SMILES string of the molecule is C[C@@H](C1=NS(=O)(=O)c2cc(Cl)ccc2N1N)c1ccccc1. The van der Waals surface area contributed by atoms with E-state index in [0.29, 0.717) is 10.7 Å². The Morgan fingerprint density at radius 1 is 1.18 bits per heavy atom. The molecule has 7 heteroatoms. The summed E-state index contributed by atoms with van der Waals surface area (Å²) in [7, 11) is -3.82. The van der Waals surface area contributed by atoms with E-state index in [-0.39, 0.29) is 16.6 Å². The zero-order valence-electron chi connectivity index (χ0n) is 11.8. The third kappa shape index (κ3) is 2.49. The first kappa shape index (κ1) is 15.0. The monoisotopic (exact) mass is 335 g/mol. The van der Waals surface area contributed by atoms with Crippen molar-refractivity contribution in [2.45, 2.75) is 17.7 Å². The Kier molecular flexibility index (Phi) is 3.68. The number of benzene rings is 2. The topological polar surface area (TPSA) is 75.8 Å². The highest BCUT2D eigenvalue weighted by molar-refractivity contribution is 7.90. The Labute approximate surface area is 134 Å². The van der Waals surface area contributed by atoms with Crippen molar-refractivity contribution in [3.8, 4) is 0 Å². The van der Waals surface area contributed by atoms with Gasteiger partial charge in [-0.1, -0.05) is 48.9 Å². The number of nitrogens with two attached hydrogens (primary N) is 1. The molecule has 1 aliphatic rings. The number of halogens is 1. The van der Waals surface area contributed by atoms with Crippen LogP contribution in [0.4, 0.5) is 5.69 Å². The van der Waals surface area contributed by atoms with Crippen LogP contribution in [0.1, 0.15) is 18.4 Å². The molecular weight excluding hydrogens is 322 g/mol. The van der Waals surface area contributed by atoms with Gasteiger partial charge in [0.25, 0.3) is 10.0 Å². The summed E-state index contributed by atoms with van der Waals surface area (Å²) in [5, 5.41) is 1.63. The minimum atomic E-state index is -3.82. The van der Waals surface area contributed by atoms with Crippen molar-refractivity contribution in [2.75, 3.05) is 5.01 Å². The van der Waals surface area contributed by atoms with Crippen LogP contribution in [0.5, 0.6) is 0 Å². The molecule has 0 aromatic heterocycles. The van der Waals surface area contributed by atoms with Crippen LogP contribution in [0.25, 0.3) is 0 Å². The summed E-state index contributed by atoms with van der Waals surface area (Å²) in [5.74, 6) is 6.11. The number of amidine groups is 1. The fourth-order valence-corrected chi connectivity index (χ4v) is 3.95. The standard InChI is InChI=1S/C15H14ClN3O2S/c1-10(11-5-3-2-4-6-11)15-18-22(20,21)14-9-12(16)7-8-13(14)19(15)17/h2-10H,17H2,1H3/t10-/m1/s1. The third-order valence-electron chi connectivity index (χ3n) is 3.61. The highest BCUT2D eigenvalue weighted by atomic mass is 35.5. The summed E-state index contributed by atoms with van der Waals surface area (Å²) in [6.45, 7) is 1.87. The van der Waals surface area contributed by atoms with Gasteiger partial charge in [-0.3, -0.25) is 5.01 Å². The van der Waals surface area contributed by atoms with Gasteiger partial charge in [-0.15, -0.1) is 4.40 Å². The van der Waals surface area contributed by atoms with Crippen LogP contribution in [-0.2, 0) is 10.0 Å². The molecule has 22 heavy (non-hydrogen) atoms. The maximum absolute atomic E-state index is 12.4. The van der Waals surface area contributed by atoms with Crippen molar-refractivity contribution in [1.29, 1.82) is 0 Å². The Balaban J connectivity index is 2.12. The van der Waals surface area contributed by atoms with Gasteiger partial charge in [0.2, 0.25) is 0 Å². The van der Waals surface area contributed by atoms with Crippen LogP contribution < -0.4 is 10.9 Å². The van der Waals surface area contributed by atoms with Crippen LogP contribution in [0, 0.1) is 0 Å². The smallest absolute Gasteiger partial charge is 0.263 e. The Hall–Kier alpha value is -1.89. The predicted octanol–water partition coefficient (Wildman–Crippen LogP) is 2.92. The first-order valence-corrected chi connectivity index (χ1v) is 8.46. The zero-order chi connectivity index (χ0) is 15.9. The number of nitrogens with zero attached hydrogens (tertiary/aromatic N) is 2. The Bertz CT molecular complexity index is 850. The Morgan fingerprint density at radius 3 is 2.55 bits per heavy atom. The van der Waals surface area contributed by atoms with E-state index in [1.54, 1.807) is 12.1 Å². The second-order valence-corrected chi connectivity index (χ2v) is 7.05. The molecule has 0 unspecified atom stereocenters. The van der Waals surface area contributed by atoms with E-state index in [0.717, 1.165) is 5.56 Å². The third-order valence-corrected chi connectivity index (χ3v) is 5.15. The number of anilines is 1. The number of hydrogen-bond donors (Lipinski definition) is 1. The van der Waals surface area contributed by atoms with Crippen molar-refractivity contribution in [1.82, 2.24) is 0 Å². The molecule has 2 N–H and O–H groups in total. The molecule has 1 aliphatic heterocycles. The molecule has 2 aromatic carbocycles. The first-order chi connectivity index (χ1) is 10.4. The van der Waals surface area contributed by atoms with E-state index in [1.165, 1.54) is 11.1 Å². The summed E-state index contributed by atoms with van der Waals surface area (Å²) in [6, 6.07) is 14.0. The summed E-state index contributed by atoms with van der Waals surface area (Å²) in [5.41, 5.74) is 1.31. The van der Waals surface area contributed by atoms with Crippen molar-refractivity contribution in [3.63, 3.8) is 0 Å². The molecule has 1 heterocycles. The average Bonchev–Trinajstić information content (AvgIpc) is 2.51. The van der Waals surface area contributed by atoms with Crippen LogP contribution in [0.2, 0.25) is 5.02 Å². The van der Waals surface area contributed by atoms with Gasteiger partial charge < -0.3 is 0 Å². The number of sulfonamides is 1. The fourth-order valence-electron chi connectivity index (χ4n) is 2.41. The average molecular weight is 336 g/mol. The minimum Gasteiger partial charge on any atom is -0.263 e. The van der Waals surface area contributed by atoms with Gasteiger partial charge in [0.1, 0.15) is 10.7 Å². The van der Waals surface area contributed by atoms with Gasteiger partial charge >= 0.3 is 0 Å². The van der Waals surface area contributed by atoms with E-state index in [9.17, 15) is 8.42 Å². The van der Waals surface area contributed by atoms with E-state index < -0.39 is 10.0 Å². The van der Waals surface area contributed by atoms with Gasteiger partial charge in [-0.25, -0.2) is 5.84 Å². The summed E-state index contributed by atoms with van der Waals surface area (Å²) in [6.07, 6.45) is 0. The molecule has 0 amide bonds. The lowest BCUT2D eigenvalue weighted by Gasteiger charge is -2.29. The molecule has 3 rings (SSSR count). The molecule has 1 atom stereocenters. The Morgan fingerprint density at radius 2 is 1.86 bits per heavy atom. The fraction of sp³-hybridized carbons (Fsp3) is 0.133. The predicted molar refractivity (Wildman–Crippen MR) is 87.6 cm³/mol. The molecule has 0 aliphatic carbocycles. The summed E-state index contributed by atoms with van der Waals surface area (Å²) < 4.78 is 28.7. The molecule has 0 spiro atoms. The van der Waals surface area contributed by atoms with Crippen molar-refractivity contribution in [3.05, 3.63) is 59.1 Å². The maximum atomic E-state index is 12.4. The summed E-state index contributed by atoms with van der Waals surface area (Å²) >= 11 is 5.87. The summed E-state index contributed by atoms with van der Waals surface area (Å²) in [4.78, 5) is 0.0199. The van der Waals surface area contributed by atoms with Crippen LogP contribution >= 0.6 is 11.6 Å². The van der Waals surface area contributed by atoms with E-state index in [1.807, 2.05) is 37.3 Å². The second-order valence-electron chi connectivity index (χ2n) is 5.04. The highest BCUT2D eigenvalue weighted by Gasteiger charge is 2.32. The van der Waals surface area contributed by atoms with Crippen LogP contribution in [-0.4, -0.2) is 14.3 Å². The lowest BCUT2D eigenvalue weighted by Crippen LogP contribution is -2.43. The lowest BCUT2D eigenvalue weighted by molar-refractivity contribution is 0.596. The normalized spacial score (nSPS) is 17.6. The lowest BCUT2D eigenvalue weighted by atomic mass is 9.99. The quantitative estimate of drug-likeness (QED) is 0.856. The van der Waals surface area contributed by atoms with Crippen LogP contribution in [0.15, 0.2) is 57.8 Å². The second kappa shape index (κ2) is 5.39. The van der Waals surface area contributed by atoms with E-state index in [2.05, 4.69) is 4.40 Å². The molecule has 0 bridgehead atoms. The molecular formula is C15H14ClN3O2S. The molecule has 0 fully saturated rings.